The second-order valence-corrected chi connectivity index (χ2v) is 4.83. The van der Waals surface area contributed by atoms with E-state index >= 15 is 0 Å². The van der Waals surface area contributed by atoms with Crippen LogP contribution >= 0.6 is 23.5 Å². The van der Waals surface area contributed by atoms with Crippen LogP contribution in [0.5, 0.6) is 0 Å². The molecule has 1 unspecified atom stereocenters. The van der Waals surface area contributed by atoms with Gasteiger partial charge in [0.2, 0.25) is 0 Å². The van der Waals surface area contributed by atoms with Gasteiger partial charge in [0.1, 0.15) is 0 Å². The Morgan fingerprint density at radius 2 is 1.50 bits per heavy atom. The summed E-state index contributed by atoms with van der Waals surface area (Å²) in [4.78, 5) is 0. The molecule has 3 heteroatoms. The lowest BCUT2D eigenvalue weighted by Crippen LogP contribution is -2.25. The van der Waals surface area contributed by atoms with Crippen LogP contribution in [0.4, 0.5) is 0 Å². The summed E-state index contributed by atoms with van der Waals surface area (Å²) < 4.78 is 0.333. The van der Waals surface area contributed by atoms with Gasteiger partial charge in [-0.1, -0.05) is 13.8 Å². The minimum atomic E-state index is -0.176. The van der Waals surface area contributed by atoms with Gasteiger partial charge in [0, 0.05) is 0 Å². The molecular weight excluding hydrogens is 164 g/mol. The number of hydrogen-bond donors (Lipinski definition) is 1. The maximum Gasteiger partial charge on any atom is 0.0772 e. The third kappa shape index (κ3) is 3.17. The Bertz CT molecular complexity index is 81.7. The number of aliphatic hydroxyl groups excluding tert-OH is 1. The van der Waals surface area contributed by atoms with Crippen LogP contribution < -0.4 is 0 Å². The van der Waals surface area contributed by atoms with E-state index in [1.165, 1.54) is 0 Å². The van der Waals surface area contributed by atoms with Gasteiger partial charge in [-0.3, -0.25) is 0 Å². The molecule has 0 aromatic heterocycles. The first-order valence-corrected chi connectivity index (χ1v) is 5.94. The van der Waals surface area contributed by atoms with Crippen molar-refractivity contribution in [1.29, 1.82) is 0 Å². The Morgan fingerprint density at radius 3 is 1.60 bits per heavy atom. The number of thioether (sulfide) groups is 2. The second-order valence-electron chi connectivity index (χ2n) is 2.57. The monoisotopic (exact) mass is 180 g/mol. The smallest absolute Gasteiger partial charge is 0.0772 e. The van der Waals surface area contributed by atoms with E-state index in [0.717, 1.165) is 0 Å². The van der Waals surface area contributed by atoms with Crippen LogP contribution in [0.2, 0.25) is 0 Å². The van der Waals surface area contributed by atoms with Crippen LogP contribution in [0.3, 0.4) is 0 Å². The maximum atomic E-state index is 9.54. The van der Waals surface area contributed by atoms with E-state index in [0.29, 0.717) is 10.5 Å². The number of hydrogen-bond acceptors (Lipinski definition) is 3. The van der Waals surface area contributed by atoms with Crippen LogP contribution in [0.15, 0.2) is 0 Å². The van der Waals surface area contributed by atoms with Gasteiger partial charge in [0.25, 0.3) is 0 Å². The predicted molar refractivity (Wildman–Crippen MR) is 51.7 cm³/mol. The molecule has 0 saturated carbocycles. The average Bonchev–Trinajstić information content (AvgIpc) is 1.90. The quantitative estimate of drug-likeness (QED) is 0.669. The van der Waals surface area contributed by atoms with E-state index in [4.69, 9.17) is 0 Å². The summed E-state index contributed by atoms with van der Waals surface area (Å²) in [6.07, 6.45) is 3.89. The normalized spacial score (nSPS) is 14.7. The fourth-order valence-corrected chi connectivity index (χ4v) is 2.65. The molecule has 0 spiro atoms. The lowest BCUT2D eigenvalue weighted by Gasteiger charge is -2.21. The van der Waals surface area contributed by atoms with Crippen LogP contribution in [0, 0.1) is 5.92 Å². The van der Waals surface area contributed by atoms with E-state index in [9.17, 15) is 5.11 Å². The molecule has 0 fully saturated rings. The van der Waals surface area contributed by atoms with Crippen molar-refractivity contribution in [3.8, 4) is 0 Å². The topological polar surface area (TPSA) is 20.2 Å². The molecule has 0 aromatic rings. The minimum Gasteiger partial charge on any atom is -0.391 e. The summed E-state index contributed by atoms with van der Waals surface area (Å²) in [5, 5.41) is 9.54. The first-order chi connectivity index (χ1) is 4.63. The Labute approximate surface area is 72.0 Å². The SMILES string of the molecule is CSC(SC)C(O)C(C)C. The lowest BCUT2D eigenvalue weighted by atomic mass is 10.1. The summed E-state index contributed by atoms with van der Waals surface area (Å²) in [6.45, 7) is 4.09. The molecule has 0 amide bonds. The minimum absolute atomic E-state index is 0.176. The number of aliphatic hydroxyl groups is 1. The molecule has 0 saturated heterocycles. The zero-order valence-corrected chi connectivity index (χ0v) is 8.63. The van der Waals surface area contributed by atoms with Gasteiger partial charge in [0.15, 0.2) is 0 Å². The Kier molecular flexibility index (Phi) is 5.68. The fraction of sp³-hybridized carbons (Fsp3) is 1.00. The van der Waals surface area contributed by atoms with E-state index in [1.807, 2.05) is 26.4 Å². The Morgan fingerprint density at radius 1 is 1.10 bits per heavy atom. The first kappa shape index (κ1) is 10.7. The second kappa shape index (κ2) is 5.33. The zero-order chi connectivity index (χ0) is 8.15. The van der Waals surface area contributed by atoms with Gasteiger partial charge in [-0.25, -0.2) is 0 Å². The number of rotatable bonds is 4. The molecule has 1 nitrogen and oxygen atoms in total. The summed E-state index contributed by atoms with van der Waals surface area (Å²) in [5.41, 5.74) is 0. The summed E-state index contributed by atoms with van der Waals surface area (Å²) in [7, 11) is 0. The molecule has 0 aliphatic carbocycles. The highest BCUT2D eigenvalue weighted by atomic mass is 32.2. The lowest BCUT2D eigenvalue weighted by molar-refractivity contribution is 0.142. The predicted octanol–water partition coefficient (Wildman–Crippen LogP) is 2.06. The van der Waals surface area contributed by atoms with Gasteiger partial charge in [-0.05, 0) is 18.4 Å². The summed E-state index contributed by atoms with van der Waals surface area (Å²) >= 11 is 3.44. The molecule has 10 heavy (non-hydrogen) atoms. The van der Waals surface area contributed by atoms with Crippen LogP contribution in [-0.4, -0.2) is 28.3 Å². The van der Waals surface area contributed by atoms with Gasteiger partial charge >= 0.3 is 0 Å². The van der Waals surface area contributed by atoms with E-state index in [1.54, 1.807) is 23.5 Å². The third-order valence-electron chi connectivity index (χ3n) is 1.43. The molecule has 1 N–H and O–H groups in total. The standard InChI is InChI=1S/C7H16OS2/c1-5(2)6(8)7(9-3)10-4/h5-8H,1-4H3. The zero-order valence-electron chi connectivity index (χ0n) is 7.00. The van der Waals surface area contributed by atoms with E-state index in [-0.39, 0.29) is 6.10 Å². The third-order valence-corrected chi connectivity index (χ3v) is 4.07. The van der Waals surface area contributed by atoms with Crippen molar-refractivity contribution in [3.05, 3.63) is 0 Å². The molecule has 0 heterocycles. The van der Waals surface area contributed by atoms with Crippen molar-refractivity contribution in [2.45, 2.75) is 24.5 Å². The van der Waals surface area contributed by atoms with Crippen LogP contribution in [0.1, 0.15) is 13.8 Å². The summed E-state index contributed by atoms with van der Waals surface area (Å²) in [6, 6.07) is 0. The van der Waals surface area contributed by atoms with Crippen molar-refractivity contribution in [3.63, 3.8) is 0 Å². The maximum absolute atomic E-state index is 9.54. The van der Waals surface area contributed by atoms with E-state index < -0.39 is 0 Å². The van der Waals surface area contributed by atoms with Crippen molar-refractivity contribution in [2.24, 2.45) is 5.92 Å². The molecule has 0 rings (SSSR count). The molecule has 0 radical (unpaired) electrons. The van der Waals surface area contributed by atoms with Crippen LogP contribution in [-0.2, 0) is 0 Å². The largest absolute Gasteiger partial charge is 0.391 e. The van der Waals surface area contributed by atoms with E-state index in [2.05, 4.69) is 0 Å². The van der Waals surface area contributed by atoms with Gasteiger partial charge in [0.05, 0.1) is 10.7 Å². The molecule has 0 aliphatic rings. The van der Waals surface area contributed by atoms with Gasteiger partial charge < -0.3 is 5.11 Å². The molecular formula is C7H16OS2. The van der Waals surface area contributed by atoms with Gasteiger partial charge in [-0.15, -0.1) is 23.5 Å². The highest BCUT2D eigenvalue weighted by molar-refractivity contribution is 8.16. The molecule has 0 bridgehead atoms. The van der Waals surface area contributed by atoms with Crippen molar-refractivity contribution in [2.75, 3.05) is 12.5 Å². The van der Waals surface area contributed by atoms with Crippen LogP contribution in [0.25, 0.3) is 0 Å². The van der Waals surface area contributed by atoms with Crippen molar-refractivity contribution >= 4 is 23.5 Å². The van der Waals surface area contributed by atoms with Crippen molar-refractivity contribution < 1.29 is 5.11 Å². The Hall–Kier alpha value is 0.660. The molecule has 0 aliphatic heterocycles. The average molecular weight is 180 g/mol. The highest BCUT2D eigenvalue weighted by Crippen LogP contribution is 2.25. The molecule has 1 atom stereocenters. The molecule has 0 aromatic carbocycles. The summed E-state index contributed by atoms with van der Waals surface area (Å²) in [5.74, 6) is 0.366. The Balaban J connectivity index is 3.76. The van der Waals surface area contributed by atoms with Crippen molar-refractivity contribution in [1.82, 2.24) is 0 Å². The highest BCUT2D eigenvalue weighted by Gasteiger charge is 2.19. The first-order valence-electron chi connectivity index (χ1n) is 3.37. The van der Waals surface area contributed by atoms with Gasteiger partial charge in [-0.2, -0.15) is 0 Å². The molecule has 62 valence electrons. The fourth-order valence-electron chi connectivity index (χ4n) is 0.689.